The Morgan fingerprint density at radius 1 is 0.694 bits per heavy atom. The Hall–Kier alpha value is -4.24. The molecule has 0 radical (unpaired) electrons. The third-order valence-electron chi connectivity index (χ3n) is 6.14. The van der Waals surface area contributed by atoms with Crippen LogP contribution < -0.4 is 9.80 Å². The van der Waals surface area contributed by atoms with Gasteiger partial charge in [0, 0.05) is 23.6 Å². The molecule has 0 N–H and O–H groups in total. The first-order chi connectivity index (χ1) is 17.4. The summed E-state index contributed by atoms with van der Waals surface area (Å²) in [5, 5.41) is 0. The molecule has 6 nitrogen and oxygen atoms in total. The van der Waals surface area contributed by atoms with E-state index in [1.807, 2.05) is 0 Å². The van der Waals surface area contributed by atoms with Crippen LogP contribution in [-0.4, -0.2) is 18.8 Å². The fourth-order valence-electron chi connectivity index (χ4n) is 4.50. The van der Waals surface area contributed by atoms with E-state index >= 15 is 0 Å². The first-order valence-electron chi connectivity index (χ1n) is 11.9. The van der Waals surface area contributed by atoms with Crippen molar-refractivity contribution < 1.29 is 19.2 Å². The molecule has 4 rings (SSSR count). The molecule has 0 aliphatic carbocycles. The van der Waals surface area contributed by atoms with Gasteiger partial charge in [0.2, 0.25) is 0 Å². The summed E-state index contributed by atoms with van der Waals surface area (Å²) in [5.41, 5.74) is 9.41. The molecule has 0 saturated heterocycles. The fourth-order valence-corrected chi connectivity index (χ4v) is 4.50. The van der Waals surface area contributed by atoms with Crippen LogP contribution in [0.3, 0.4) is 0 Å². The molecule has 0 amide bonds. The minimum atomic E-state index is 0.127. The summed E-state index contributed by atoms with van der Waals surface area (Å²) in [4.78, 5) is 37.6. The maximum atomic E-state index is 8.12. The molecular weight excluding hydrogens is 452 g/mol. The zero-order valence-corrected chi connectivity index (χ0v) is 21.2. The van der Waals surface area contributed by atoms with Gasteiger partial charge in [0.25, 0.3) is 0 Å². The predicted octanol–water partition coefficient (Wildman–Crippen LogP) is 6.24. The summed E-state index contributed by atoms with van der Waals surface area (Å²) >= 11 is 0. The van der Waals surface area contributed by atoms with Crippen LogP contribution >= 0.6 is 0 Å². The first-order valence-corrected chi connectivity index (χ1v) is 11.9. The van der Waals surface area contributed by atoms with Gasteiger partial charge in [0.05, 0.1) is 0 Å². The highest BCUT2D eigenvalue weighted by Crippen LogP contribution is 2.42. The second kappa shape index (κ2) is 14.2. The van der Waals surface area contributed by atoms with Crippen molar-refractivity contribution in [3.05, 3.63) is 107 Å². The molecule has 186 valence electrons. The van der Waals surface area contributed by atoms with E-state index in [1.54, 1.807) is 0 Å². The Morgan fingerprint density at radius 3 is 1.61 bits per heavy atom. The minimum Gasteiger partial charge on any atom is -0.343 e. The fraction of sp³-hybridized carbons (Fsp3) is 0.267. The van der Waals surface area contributed by atoms with Gasteiger partial charge in [0.1, 0.15) is 6.17 Å². The predicted molar refractivity (Wildman–Crippen MR) is 139 cm³/mol. The van der Waals surface area contributed by atoms with Gasteiger partial charge in [-0.1, -0.05) is 79.6 Å². The lowest BCUT2D eigenvalue weighted by molar-refractivity contribution is -0.193. The maximum absolute atomic E-state index is 8.12. The standard InChI is InChI=1S/C28H32N2.2CO2/c1-5-23-20-29(25-16-12-21(3)13-17-25)28(24-10-8-7-9-11-24)30(27(23)6-2)26-18-14-22(4)15-19-26;2*2-1-3/h7-19,28H,5-6,20H2,1-4H3;;. The van der Waals surface area contributed by atoms with Gasteiger partial charge >= 0.3 is 12.3 Å². The monoisotopic (exact) mass is 484 g/mol. The minimum absolute atomic E-state index is 0.127. The lowest BCUT2D eigenvalue weighted by Gasteiger charge is -2.48. The molecule has 0 fully saturated rings. The first kappa shape index (κ1) is 28.0. The Balaban J connectivity index is 0.000000693. The molecule has 1 unspecified atom stereocenters. The van der Waals surface area contributed by atoms with Crippen molar-refractivity contribution in [2.75, 3.05) is 16.3 Å². The van der Waals surface area contributed by atoms with Crippen LogP contribution in [0.2, 0.25) is 0 Å². The molecular formula is C30H32N2O4. The smallest absolute Gasteiger partial charge is 0.343 e. The molecule has 36 heavy (non-hydrogen) atoms. The SMILES string of the molecule is CCC1=C(CC)N(c2ccc(C)cc2)C(c2ccccc2)N(c2ccc(C)cc2)C1.O=C=O.O=C=O. The molecule has 1 aliphatic heterocycles. The van der Waals surface area contributed by atoms with Crippen molar-refractivity contribution in [2.24, 2.45) is 0 Å². The molecule has 1 aliphatic rings. The summed E-state index contributed by atoms with van der Waals surface area (Å²) in [6.45, 7) is 9.84. The molecule has 3 aromatic rings. The van der Waals surface area contributed by atoms with E-state index in [0.717, 1.165) is 19.4 Å². The molecule has 1 heterocycles. The summed E-state index contributed by atoms with van der Waals surface area (Å²) in [6, 6.07) is 28.9. The highest BCUT2D eigenvalue weighted by Gasteiger charge is 2.35. The van der Waals surface area contributed by atoms with Crippen molar-refractivity contribution >= 4 is 23.7 Å². The Kier molecular flexibility index (Phi) is 11.1. The highest BCUT2D eigenvalue weighted by atomic mass is 16.2. The average molecular weight is 485 g/mol. The van der Waals surface area contributed by atoms with E-state index in [9.17, 15) is 0 Å². The normalized spacial score (nSPS) is 14.5. The Labute approximate surface area is 212 Å². The Bertz CT molecular complexity index is 1180. The van der Waals surface area contributed by atoms with E-state index in [4.69, 9.17) is 19.2 Å². The van der Waals surface area contributed by atoms with Gasteiger partial charge in [-0.2, -0.15) is 19.2 Å². The average Bonchev–Trinajstić information content (AvgIpc) is 2.90. The van der Waals surface area contributed by atoms with Gasteiger partial charge < -0.3 is 9.80 Å². The third-order valence-corrected chi connectivity index (χ3v) is 6.14. The van der Waals surface area contributed by atoms with Crippen LogP contribution in [0, 0.1) is 13.8 Å². The molecule has 6 heteroatoms. The third kappa shape index (κ3) is 6.89. The summed E-state index contributed by atoms with van der Waals surface area (Å²) < 4.78 is 0. The number of aryl methyl sites for hydroxylation is 2. The van der Waals surface area contributed by atoms with Gasteiger partial charge in [-0.3, -0.25) is 0 Å². The Morgan fingerprint density at radius 2 is 1.17 bits per heavy atom. The number of rotatable bonds is 5. The van der Waals surface area contributed by atoms with Gasteiger partial charge in [0.15, 0.2) is 0 Å². The second-order valence-corrected chi connectivity index (χ2v) is 8.38. The van der Waals surface area contributed by atoms with Gasteiger partial charge in [-0.25, -0.2) is 0 Å². The lowest BCUT2D eigenvalue weighted by Crippen LogP contribution is -2.47. The topological polar surface area (TPSA) is 74.8 Å². The van der Waals surface area contributed by atoms with E-state index in [2.05, 4.69) is 116 Å². The van der Waals surface area contributed by atoms with Crippen LogP contribution in [0.15, 0.2) is 90.1 Å². The molecule has 0 spiro atoms. The van der Waals surface area contributed by atoms with E-state index < -0.39 is 0 Å². The van der Waals surface area contributed by atoms with E-state index in [0.29, 0.717) is 0 Å². The van der Waals surface area contributed by atoms with Gasteiger partial charge in [-0.15, -0.1) is 0 Å². The molecule has 1 atom stereocenters. The number of allylic oxidation sites excluding steroid dienone is 1. The number of carbonyl (C=O) groups excluding carboxylic acids is 4. The van der Waals surface area contributed by atoms with Crippen LogP contribution in [-0.2, 0) is 19.2 Å². The summed E-state index contributed by atoms with van der Waals surface area (Å²) in [6.07, 6.45) is 2.72. The summed E-state index contributed by atoms with van der Waals surface area (Å²) in [7, 11) is 0. The molecule has 0 saturated carbocycles. The number of nitrogens with zero attached hydrogens (tertiary/aromatic N) is 2. The number of benzene rings is 3. The van der Waals surface area contributed by atoms with Crippen molar-refractivity contribution in [3.63, 3.8) is 0 Å². The second-order valence-electron chi connectivity index (χ2n) is 8.38. The number of anilines is 2. The van der Waals surface area contributed by atoms with Crippen LogP contribution in [0.1, 0.15) is 49.5 Å². The number of hydrogen-bond donors (Lipinski definition) is 0. The summed E-state index contributed by atoms with van der Waals surface area (Å²) in [5.74, 6) is 0. The van der Waals surface area contributed by atoms with Crippen molar-refractivity contribution in [1.29, 1.82) is 0 Å². The zero-order chi connectivity index (χ0) is 26.5. The van der Waals surface area contributed by atoms with Crippen molar-refractivity contribution in [1.82, 2.24) is 0 Å². The maximum Gasteiger partial charge on any atom is 0.373 e. The molecule has 3 aromatic carbocycles. The zero-order valence-electron chi connectivity index (χ0n) is 21.2. The van der Waals surface area contributed by atoms with Crippen molar-refractivity contribution in [3.8, 4) is 0 Å². The van der Waals surface area contributed by atoms with E-state index in [1.165, 1.54) is 39.3 Å². The van der Waals surface area contributed by atoms with Crippen molar-refractivity contribution in [2.45, 2.75) is 46.7 Å². The molecule has 0 bridgehead atoms. The van der Waals surface area contributed by atoms with E-state index in [-0.39, 0.29) is 18.5 Å². The van der Waals surface area contributed by atoms with Crippen LogP contribution in [0.5, 0.6) is 0 Å². The highest BCUT2D eigenvalue weighted by molar-refractivity contribution is 5.64. The largest absolute Gasteiger partial charge is 0.373 e. The van der Waals surface area contributed by atoms with Gasteiger partial charge in [-0.05, 0) is 62.1 Å². The quantitative estimate of drug-likeness (QED) is 0.427. The van der Waals surface area contributed by atoms with Crippen LogP contribution in [0.25, 0.3) is 0 Å². The molecule has 0 aromatic heterocycles. The van der Waals surface area contributed by atoms with Crippen LogP contribution in [0.4, 0.5) is 11.4 Å². The lowest BCUT2D eigenvalue weighted by atomic mass is 9.97. The number of hydrogen-bond acceptors (Lipinski definition) is 6.